The monoisotopic (exact) mass is 409 g/mol. The largest absolute Gasteiger partial charge is 0.497 e. The quantitative estimate of drug-likeness (QED) is 0.593. The van der Waals surface area contributed by atoms with Gasteiger partial charge in [-0.25, -0.2) is 9.97 Å². The highest BCUT2D eigenvalue weighted by molar-refractivity contribution is 5.63. The van der Waals surface area contributed by atoms with Crippen LogP contribution < -0.4 is 31.1 Å². The van der Waals surface area contributed by atoms with Gasteiger partial charge in [0.25, 0.3) is 0 Å². The molecule has 3 heterocycles. The fourth-order valence-electron chi connectivity index (χ4n) is 4.80. The second-order valence-corrected chi connectivity index (χ2v) is 8.45. The lowest BCUT2D eigenvalue weighted by atomic mass is 9.83. The van der Waals surface area contributed by atoms with E-state index in [0.717, 1.165) is 74.3 Å². The third-order valence-corrected chi connectivity index (χ3v) is 6.47. The summed E-state index contributed by atoms with van der Waals surface area (Å²) in [4.78, 5) is 12.2. The van der Waals surface area contributed by atoms with Gasteiger partial charge in [0.2, 0.25) is 0 Å². The van der Waals surface area contributed by atoms with Gasteiger partial charge in [-0.3, -0.25) is 10.9 Å². The molecule has 5 rings (SSSR count). The van der Waals surface area contributed by atoms with Crippen molar-refractivity contribution in [3.05, 3.63) is 30.3 Å². The Kier molecular flexibility index (Phi) is 5.70. The SMILES string of the molecule is COc1cccc(-c2nc(NC3CCC4NNCC4C3)cc(N3CCNCC3)n2)c1. The van der Waals surface area contributed by atoms with Crippen molar-refractivity contribution in [1.29, 1.82) is 0 Å². The maximum Gasteiger partial charge on any atom is 0.163 e. The molecule has 2 aromatic rings. The molecule has 30 heavy (non-hydrogen) atoms. The van der Waals surface area contributed by atoms with Crippen LogP contribution in [0.4, 0.5) is 11.6 Å². The standard InChI is InChI=1S/C22H31N7O/c1-30-18-4-2-3-15(12-18)22-26-20(13-21(27-22)29-9-7-23-8-10-29)25-17-5-6-19-16(11-17)14-24-28-19/h2-4,12-13,16-17,19,23-24,28H,5-11,14H2,1H3,(H,25,26,27). The predicted octanol–water partition coefficient (Wildman–Crippen LogP) is 1.62. The van der Waals surface area contributed by atoms with Gasteiger partial charge in [-0.1, -0.05) is 12.1 Å². The zero-order valence-electron chi connectivity index (χ0n) is 17.5. The van der Waals surface area contributed by atoms with E-state index < -0.39 is 0 Å². The molecule has 8 nitrogen and oxygen atoms in total. The summed E-state index contributed by atoms with van der Waals surface area (Å²) in [6, 6.07) is 11.2. The van der Waals surface area contributed by atoms with Gasteiger partial charge < -0.3 is 20.3 Å². The number of methoxy groups -OCH3 is 1. The van der Waals surface area contributed by atoms with Crippen LogP contribution in [0.25, 0.3) is 11.4 Å². The summed E-state index contributed by atoms with van der Waals surface area (Å²) >= 11 is 0. The first-order valence-corrected chi connectivity index (χ1v) is 11.0. The molecule has 2 saturated heterocycles. The molecule has 3 unspecified atom stereocenters. The van der Waals surface area contributed by atoms with Crippen molar-refractivity contribution < 1.29 is 4.74 Å². The smallest absolute Gasteiger partial charge is 0.163 e. The Bertz CT molecular complexity index is 870. The molecule has 1 saturated carbocycles. The Morgan fingerprint density at radius 2 is 2.03 bits per heavy atom. The number of nitrogens with zero attached hydrogens (tertiary/aromatic N) is 3. The summed E-state index contributed by atoms with van der Waals surface area (Å²) in [7, 11) is 1.69. The first-order chi connectivity index (χ1) is 14.8. The van der Waals surface area contributed by atoms with Crippen molar-refractivity contribution in [1.82, 2.24) is 26.1 Å². The van der Waals surface area contributed by atoms with E-state index >= 15 is 0 Å². The second-order valence-electron chi connectivity index (χ2n) is 8.45. The number of hydrazine groups is 1. The van der Waals surface area contributed by atoms with Gasteiger partial charge in [-0.15, -0.1) is 0 Å². The number of benzene rings is 1. The number of nitrogens with one attached hydrogen (secondary N) is 4. The van der Waals surface area contributed by atoms with E-state index in [4.69, 9.17) is 14.7 Å². The van der Waals surface area contributed by atoms with Crippen LogP contribution in [0.3, 0.4) is 0 Å². The Labute approximate surface area is 177 Å². The summed E-state index contributed by atoms with van der Waals surface area (Å²) in [5.74, 6) is 4.15. The zero-order chi connectivity index (χ0) is 20.3. The third kappa shape index (κ3) is 4.21. The normalized spacial score (nSPS) is 26.3. The van der Waals surface area contributed by atoms with Crippen LogP contribution in [0.1, 0.15) is 19.3 Å². The van der Waals surface area contributed by atoms with Crippen molar-refractivity contribution in [2.75, 3.05) is 50.1 Å². The molecule has 3 fully saturated rings. The van der Waals surface area contributed by atoms with Crippen LogP contribution in [0.15, 0.2) is 30.3 Å². The number of aromatic nitrogens is 2. The summed E-state index contributed by atoms with van der Waals surface area (Å²) in [5.41, 5.74) is 7.70. The van der Waals surface area contributed by atoms with Gasteiger partial charge in [0.05, 0.1) is 7.11 Å². The molecule has 0 amide bonds. The highest BCUT2D eigenvalue weighted by Crippen LogP contribution is 2.30. The minimum atomic E-state index is 0.442. The zero-order valence-corrected chi connectivity index (χ0v) is 17.5. The minimum absolute atomic E-state index is 0.442. The number of fused-ring (bicyclic) bond motifs is 1. The van der Waals surface area contributed by atoms with E-state index in [1.807, 2.05) is 24.3 Å². The average molecular weight is 410 g/mol. The molecular formula is C22H31N7O. The number of ether oxygens (including phenoxy) is 1. The number of piperazine rings is 1. The number of hydrogen-bond acceptors (Lipinski definition) is 8. The first kappa shape index (κ1) is 19.5. The molecule has 160 valence electrons. The maximum atomic E-state index is 5.41. The number of anilines is 2. The van der Waals surface area contributed by atoms with E-state index in [2.05, 4.69) is 32.5 Å². The van der Waals surface area contributed by atoms with Crippen LogP contribution in [0.5, 0.6) is 5.75 Å². The summed E-state index contributed by atoms with van der Waals surface area (Å²) < 4.78 is 5.41. The van der Waals surface area contributed by atoms with E-state index in [0.29, 0.717) is 18.0 Å². The lowest BCUT2D eigenvalue weighted by molar-refractivity contribution is 0.314. The molecule has 8 heteroatoms. The molecule has 1 aliphatic carbocycles. The van der Waals surface area contributed by atoms with Crippen molar-refractivity contribution in [3.63, 3.8) is 0 Å². The van der Waals surface area contributed by atoms with Crippen LogP contribution in [0.2, 0.25) is 0 Å². The third-order valence-electron chi connectivity index (χ3n) is 6.47. The molecule has 0 bridgehead atoms. The highest BCUT2D eigenvalue weighted by atomic mass is 16.5. The van der Waals surface area contributed by atoms with E-state index in [1.54, 1.807) is 7.11 Å². The molecule has 1 aromatic heterocycles. The first-order valence-electron chi connectivity index (χ1n) is 11.0. The van der Waals surface area contributed by atoms with Crippen LogP contribution >= 0.6 is 0 Å². The van der Waals surface area contributed by atoms with Gasteiger partial charge in [0.15, 0.2) is 5.82 Å². The Morgan fingerprint density at radius 1 is 1.13 bits per heavy atom. The van der Waals surface area contributed by atoms with Gasteiger partial charge in [-0.05, 0) is 37.3 Å². The Balaban J connectivity index is 1.43. The topological polar surface area (TPSA) is 86.4 Å². The lowest BCUT2D eigenvalue weighted by Crippen LogP contribution is -2.44. The van der Waals surface area contributed by atoms with Crippen LogP contribution in [0, 0.1) is 5.92 Å². The molecule has 3 aliphatic rings. The molecule has 0 radical (unpaired) electrons. The maximum absolute atomic E-state index is 5.41. The Morgan fingerprint density at radius 3 is 2.90 bits per heavy atom. The second kappa shape index (κ2) is 8.75. The average Bonchev–Trinajstić information content (AvgIpc) is 3.27. The van der Waals surface area contributed by atoms with Crippen molar-refractivity contribution in [2.24, 2.45) is 5.92 Å². The van der Waals surface area contributed by atoms with Crippen LogP contribution in [-0.2, 0) is 0 Å². The molecule has 3 atom stereocenters. The minimum Gasteiger partial charge on any atom is -0.497 e. The van der Waals surface area contributed by atoms with Crippen molar-refractivity contribution >= 4 is 11.6 Å². The fraction of sp³-hybridized carbons (Fsp3) is 0.545. The fourth-order valence-corrected chi connectivity index (χ4v) is 4.80. The highest BCUT2D eigenvalue weighted by Gasteiger charge is 2.34. The molecule has 0 spiro atoms. The van der Waals surface area contributed by atoms with Crippen molar-refractivity contribution in [2.45, 2.75) is 31.3 Å². The van der Waals surface area contributed by atoms with Gasteiger partial charge in [-0.2, -0.15) is 0 Å². The Hall–Kier alpha value is -2.42. The van der Waals surface area contributed by atoms with Gasteiger partial charge >= 0.3 is 0 Å². The van der Waals surface area contributed by atoms with Crippen LogP contribution in [-0.4, -0.2) is 61.9 Å². The van der Waals surface area contributed by atoms with E-state index in [9.17, 15) is 0 Å². The van der Waals surface area contributed by atoms with Gasteiger partial charge in [0.1, 0.15) is 17.4 Å². The lowest BCUT2D eigenvalue weighted by Gasteiger charge is -2.32. The molecular weight excluding hydrogens is 378 g/mol. The predicted molar refractivity (Wildman–Crippen MR) is 119 cm³/mol. The number of rotatable bonds is 5. The van der Waals surface area contributed by atoms with E-state index in [-0.39, 0.29) is 0 Å². The van der Waals surface area contributed by atoms with Crippen molar-refractivity contribution in [3.8, 4) is 17.1 Å². The summed E-state index contributed by atoms with van der Waals surface area (Å²) in [6.45, 7) is 4.92. The molecule has 2 aliphatic heterocycles. The summed E-state index contributed by atoms with van der Waals surface area (Å²) in [5, 5.41) is 7.15. The van der Waals surface area contributed by atoms with Gasteiger partial charge in [0, 0.05) is 56.4 Å². The molecule has 1 aromatic carbocycles. The van der Waals surface area contributed by atoms with E-state index in [1.165, 1.54) is 6.42 Å². The molecule has 4 N–H and O–H groups in total. The number of hydrogen-bond donors (Lipinski definition) is 4. The summed E-state index contributed by atoms with van der Waals surface area (Å²) in [6.07, 6.45) is 3.50.